The van der Waals surface area contributed by atoms with Gasteiger partial charge in [-0.15, -0.1) is 0 Å². The molecule has 1 aromatic rings. The summed E-state index contributed by atoms with van der Waals surface area (Å²) in [6.07, 6.45) is 5.60. The van der Waals surface area contributed by atoms with Crippen LogP contribution in [0.2, 0.25) is 0 Å². The maximum atomic E-state index is 4.41. The average molecular weight is 262 g/mol. The molecule has 0 saturated heterocycles. The Hall–Kier alpha value is -1.82. The predicted octanol–water partition coefficient (Wildman–Crippen LogP) is 5.65. The molecule has 0 heterocycles. The second-order valence-electron chi connectivity index (χ2n) is 6.21. The van der Waals surface area contributed by atoms with Crippen molar-refractivity contribution in [2.24, 2.45) is 11.8 Å². The fraction of sp³-hybridized carbons (Fsp3) is 0.300. The Balaban J connectivity index is 1.98. The summed E-state index contributed by atoms with van der Waals surface area (Å²) < 4.78 is 0. The van der Waals surface area contributed by atoms with Gasteiger partial charge in [0.1, 0.15) is 0 Å². The van der Waals surface area contributed by atoms with Gasteiger partial charge in [0, 0.05) is 5.92 Å². The molecule has 0 heteroatoms. The van der Waals surface area contributed by atoms with Gasteiger partial charge >= 0.3 is 0 Å². The number of allylic oxidation sites excluding steroid dienone is 4. The third kappa shape index (κ3) is 2.10. The third-order valence-electron chi connectivity index (χ3n) is 4.77. The van der Waals surface area contributed by atoms with Crippen LogP contribution in [0.25, 0.3) is 11.6 Å². The molecule has 1 fully saturated rings. The second-order valence-corrected chi connectivity index (χ2v) is 6.21. The lowest BCUT2D eigenvalue weighted by atomic mass is 9.67. The van der Waals surface area contributed by atoms with E-state index in [1.54, 1.807) is 0 Å². The zero-order chi connectivity index (χ0) is 14.3. The number of fused-ring (bicyclic) bond motifs is 1. The monoisotopic (exact) mass is 262 g/mol. The van der Waals surface area contributed by atoms with Crippen molar-refractivity contribution in [3.8, 4) is 0 Å². The lowest BCUT2D eigenvalue weighted by Crippen LogP contribution is -2.24. The summed E-state index contributed by atoms with van der Waals surface area (Å²) in [5.74, 6) is 0.947. The first-order valence-electron chi connectivity index (χ1n) is 7.38. The van der Waals surface area contributed by atoms with Gasteiger partial charge in [-0.1, -0.05) is 66.8 Å². The number of hydrogen-bond donors (Lipinski definition) is 0. The van der Waals surface area contributed by atoms with Gasteiger partial charge in [0.2, 0.25) is 0 Å². The Kier molecular flexibility index (Phi) is 3.25. The molecule has 0 radical (unpaired) electrons. The maximum Gasteiger partial charge on any atom is 0.0115 e. The van der Waals surface area contributed by atoms with Crippen LogP contribution < -0.4 is 0 Å². The summed E-state index contributed by atoms with van der Waals surface area (Å²) in [5, 5.41) is 0. The summed E-state index contributed by atoms with van der Waals surface area (Å²) >= 11 is 0. The van der Waals surface area contributed by atoms with Crippen molar-refractivity contribution in [2.75, 3.05) is 0 Å². The van der Waals surface area contributed by atoms with Crippen LogP contribution in [0.15, 0.2) is 60.7 Å². The van der Waals surface area contributed by atoms with E-state index in [0.29, 0.717) is 11.8 Å². The lowest BCUT2D eigenvalue weighted by Gasteiger charge is -2.37. The Labute approximate surface area is 122 Å². The summed E-state index contributed by atoms with van der Waals surface area (Å²) in [6, 6.07) is 8.57. The molecule has 0 aliphatic heterocycles. The van der Waals surface area contributed by atoms with E-state index in [9.17, 15) is 0 Å². The molecule has 0 nitrogen and oxygen atoms in total. The molecular weight excluding hydrogens is 240 g/mol. The van der Waals surface area contributed by atoms with E-state index in [1.165, 1.54) is 33.4 Å². The molecule has 1 saturated carbocycles. The van der Waals surface area contributed by atoms with E-state index in [0.717, 1.165) is 19.3 Å². The first-order valence-corrected chi connectivity index (χ1v) is 7.38. The van der Waals surface area contributed by atoms with Gasteiger partial charge in [-0.2, -0.15) is 0 Å². The average Bonchev–Trinajstić information content (AvgIpc) is 2.41. The number of benzene rings is 1. The van der Waals surface area contributed by atoms with Crippen molar-refractivity contribution in [1.29, 1.82) is 0 Å². The van der Waals surface area contributed by atoms with Gasteiger partial charge < -0.3 is 0 Å². The quantitative estimate of drug-likeness (QED) is 0.574. The van der Waals surface area contributed by atoms with E-state index < -0.39 is 0 Å². The summed E-state index contributed by atoms with van der Waals surface area (Å²) in [6.45, 7) is 15.1. The van der Waals surface area contributed by atoms with E-state index in [-0.39, 0.29) is 0 Å². The van der Waals surface area contributed by atoms with Crippen LogP contribution in [0.3, 0.4) is 0 Å². The zero-order valence-electron chi connectivity index (χ0n) is 12.3. The zero-order valence-corrected chi connectivity index (χ0v) is 12.3. The first-order chi connectivity index (χ1) is 9.58. The molecule has 0 bridgehead atoms. The van der Waals surface area contributed by atoms with E-state index in [2.05, 4.69) is 57.0 Å². The minimum absolute atomic E-state index is 0.422. The Morgan fingerprint density at radius 1 is 1.10 bits per heavy atom. The molecule has 2 unspecified atom stereocenters. The van der Waals surface area contributed by atoms with Crippen LogP contribution in [0.4, 0.5) is 0 Å². The van der Waals surface area contributed by atoms with Gasteiger partial charge in [-0.05, 0) is 48.8 Å². The highest BCUT2D eigenvalue weighted by molar-refractivity contribution is 5.82. The normalized spacial score (nSPS) is 26.2. The van der Waals surface area contributed by atoms with Gasteiger partial charge in [-0.25, -0.2) is 0 Å². The first kappa shape index (κ1) is 13.2. The highest BCUT2D eigenvalue weighted by Gasteiger charge is 2.33. The fourth-order valence-electron chi connectivity index (χ4n) is 3.76. The highest BCUT2D eigenvalue weighted by atomic mass is 14.4. The molecule has 0 N–H and O–H groups in total. The van der Waals surface area contributed by atoms with Crippen molar-refractivity contribution in [1.82, 2.24) is 0 Å². The van der Waals surface area contributed by atoms with Crippen molar-refractivity contribution in [2.45, 2.75) is 26.2 Å². The van der Waals surface area contributed by atoms with E-state index in [1.807, 2.05) is 0 Å². The van der Waals surface area contributed by atoms with Crippen LogP contribution in [-0.2, 0) is 0 Å². The van der Waals surface area contributed by atoms with Crippen molar-refractivity contribution >= 4 is 11.6 Å². The van der Waals surface area contributed by atoms with Gasteiger partial charge in [-0.3, -0.25) is 0 Å². The fourth-order valence-corrected chi connectivity index (χ4v) is 3.76. The Morgan fingerprint density at radius 2 is 1.85 bits per heavy atom. The van der Waals surface area contributed by atoms with Crippen LogP contribution >= 0.6 is 0 Å². The molecule has 2 aliphatic carbocycles. The lowest BCUT2D eigenvalue weighted by molar-refractivity contribution is 0.445. The number of rotatable bonds is 1. The summed E-state index contributed by atoms with van der Waals surface area (Å²) in [5.41, 5.74) is 7.96. The largest absolute Gasteiger partial charge is 0.0995 e. The molecule has 0 amide bonds. The van der Waals surface area contributed by atoms with Crippen LogP contribution in [-0.4, -0.2) is 0 Å². The predicted molar refractivity (Wildman–Crippen MR) is 88.2 cm³/mol. The van der Waals surface area contributed by atoms with Crippen molar-refractivity contribution in [3.05, 3.63) is 71.8 Å². The molecule has 2 aliphatic rings. The highest BCUT2D eigenvalue weighted by Crippen LogP contribution is 2.47. The standard InChI is InChI=1S/C20H22/c1-13-9-10-18(14(2)11-13)20-15(3)12-17-7-5-6-8-19(17)16(20)4/h5-8,12,18,20H,1-2,4,9-11H2,3H3. The molecule has 102 valence electrons. The molecule has 0 aromatic heterocycles. The van der Waals surface area contributed by atoms with Gasteiger partial charge in [0.15, 0.2) is 0 Å². The Bertz CT molecular complexity index is 627. The summed E-state index contributed by atoms with van der Waals surface area (Å²) in [4.78, 5) is 0. The van der Waals surface area contributed by atoms with E-state index in [4.69, 9.17) is 0 Å². The Morgan fingerprint density at radius 3 is 2.60 bits per heavy atom. The minimum atomic E-state index is 0.422. The van der Waals surface area contributed by atoms with Crippen LogP contribution in [0.5, 0.6) is 0 Å². The smallest absolute Gasteiger partial charge is 0.0115 e. The second kappa shape index (κ2) is 4.94. The van der Waals surface area contributed by atoms with Crippen LogP contribution in [0, 0.1) is 11.8 Å². The molecule has 1 aromatic carbocycles. The van der Waals surface area contributed by atoms with Crippen molar-refractivity contribution < 1.29 is 0 Å². The maximum absolute atomic E-state index is 4.41. The molecule has 3 rings (SSSR count). The van der Waals surface area contributed by atoms with Crippen LogP contribution in [0.1, 0.15) is 37.3 Å². The van der Waals surface area contributed by atoms with Gasteiger partial charge in [0.05, 0.1) is 0 Å². The van der Waals surface area contributed by atoms with Gasteiger partial charge in [0.25, 0.3) is 0 Å². The van der Waals surface area contributed by atoms with E-state index >= 15 is 0 Å². The molecular formula is C20H22. The molecule has 0 spiro atoms. The number of hydrogen-bond acceptors (Lipinski definition) is 0. The SMILES string of the molecule is C=C1CCC(C2C(=C)c3ccccc3C=C2C)C(=C)C1. The third-order valence-corrected chi connectivity index (χ3v) is 4.77. The topological polar surface area (TPSA) is 0 Å². The summed E-state index contributed by atoms with van der Waals surface area (Å²) in [7, 11) is 0. The molecule has 2 atom stereocenters. The molecule has 20 heavy (non-hydrogen) atoms. The van der Waals surface area contributed by atoms with Crippen molar-refractivity contribution in [3.63, 3.8) is 0 Å². The minimum Gasteiger partial charge on any atom is -0.0995 e.